The minimum absolute atomic E-state index is 0.0429. The minimum Gasteiger partial charge on any atom is -0.497 e. The van der Waals surface area contributed by atoms with Crippen molar-refractivity contribution >= 4 is 27.3 Å². The predicted molar refractivity (Wildman–Crippen MR) is 123 cm³/mol. The maximum Gasteiger partial charge on any atom is 0.271 e. The number of amides is 1. The van der Waals surface area contributed by atoms with Crippen LogP contribution in [0.5, 0.6) is 17.2 Å². The summed E-state index contributed by atoms with van der Waals surface area (Å²) in [4.78, 5) is 22.6. The first-order valence-electron chi connectivity index (χ1n) is 9.99. The van der Waals surface area contributed by atoms with E-state index in [0.29, 0.717) is 11.5 Å². The number of non-ortho nitro benzene ring substituents is 1. The number of ether oxygens (including phenoxy) is 3. The lowest BCUT2D eigenvalue weighted by Crippen LogP contribution is -2.33. The number of anilines is 1. The van der Waals surface area contributed by atoms with Crippen LogP contribution < -0.4 is 23.8 Å². The molecule has 11 nitrogen and oxygen atoms in total. The van der Waals surface area contributed by atoms with Crippen LogP contribution in [-0.2, 0) is 14.8 Å². The molecular formula is C21H27N3O8S. The van der Waals surface area contributed by atoms with E-state index in [-0.39, 0.29) is 55.6 Å². The Hall–Kier alpha value is -3.54. The summed E-state index contributed by atoms with van der Waals surface area (Å²) in [6.07, 6.45) is 1.24. The maximum atomic E-state index is 12.3. The third kappa shape index (κ3) is 7.83. The topological polar surface area (TPSA) is 137 Å². The summed E-state index contributed by atoms with van der Waals surface area (Å²) < 4.78 is 41.5. The van der Waals surface area contributed by atoms with E-state index in [4.69, 9.17) is 14.2 Å². The highest BCUT2D eigenvalue weighted by atomic mass is 32.2. The summed E-state index contributed by atoms with van der Waals surface area (Å²) in [5.74, 6) is 1.17. The van der Waals surface area contributed by atoms with Gasteiger partial charge in [-0.15, -0.1) is 0 Å². The van der Waals surface area contributed by atoms with E-state index in [2.05, 4.69) is 5.32 Å². The van der Waals surface area contributed by atoms with E-state index in [1.807, 2.05) is 0 Å². The molecule has 0 saturated heterocycles. The van der Waals surface area contributed by atoms with E-state index in [1.54, 1.807) is 31.4 Å². The van der Waals surface area contributed by atoms with Gasteiger partial charge in [0.15, 0.2) is 0 Å². The molecule has 0 fully saturated rings. The highest BCUT2D eigenvalue weighted by molar-refractivity contribution is 7.92. The molecule has 0 bridgehead atoms. The lowest BCUT2D eigenvalue weighted by Gasteiger charge is -2.24. The number of carbonyl (C=O) groups is 1. The molecular weight excluding hydrogens is 454 g/mol. The Morgan fingerprint density at radius 3 is 2.48 bits per heavy atom. The Morgan fingerprint density at radius 2 is 1.85 bits per heavy atom. The largest absolute Gasteiger partial charge is 0.497 e. The summed E-state index contributed by atoms with van der Waals surface area (Å²) in [7, 11) is -0.885. The summed E-state index contributed by atoms with van der Waals surface area (Å²) in [6.45, 7) is 0.466. The van der Waals surface area contributed by atoms with Crippen LogP contribution in [0.3, 0.4) is 0 Å². The molecule has 0 aliphatic rings. The summed E-state index contributed by atoms with van der Waals surface area (Å²) >= 11 is 0. The van der Waals surface area contributed by atoms with Gasteiger partial charge in [-0.25, -0.2) is 8.42 Å². The first-order chi connectivity index (χ1) is 15.7. The fourth-order valence-electron chi connectivity index (χ4n) is 2.97. The van der Waals surface area contributed by atoms with Crippen LogP contribution in [0.4, 0.5) is 11.4 Å². The van der Waals surface area contributed by atoms with E-state index < -0.39 is 14.9 Å². The van der Waals surface area contributed by atoms with Gasteiger partial charge in [0.05, 0.1) is 31.9 Å². The molecule has 2 aromatic carbocycles. The smallest absolute Gasteiger partial charge is 0.271 e. The zero-order chi connectivity index (χ0) is 24.4. The van der Waals surface area contributed by atoms with Gasteiger partial charge in [0, 0.05) is 31.2 Å². The Bertz CT molecular complexity index is 1070. The number of rotatable bonds is 13. The molecule has 33 heavy (non-hydrogen) atoms. The van der Waals surface area contributed by atoms with Gasteiger partial charge in [0.25, 0.3) is 5.69 Å². The maximum absolute atomic E-state index is 12.3. The van der Waals surface area contributed by atoms with Gasteiger partial charge < -0.3 is 19.5 Å². The van der Waals surface area contributed by atoms with Crippen LogP contribution in [0.2, 0.25) is 0 Å². The van der Waals surface area contributed by atoms with Crippen molar-refractivity contribution in [3.05, 3.63) is 52.6 Å². The number of nitro benzene ring substituents is 1. The first kappa shape index (κ1) is 25.7. The van der Waals surface area contributed by atoms with Crippen molar-refractivity contribution in [3.63, 3.8) is 0 Å². The number of carbonyl (C=O) groups excluding carboxylic acids is 1. The summed E-state index contributed by atoms with van der Waals surface area (Å²) in [6, 6.07) is 10.8. The monoisotopic (exact) mass is 481 g/mol. The number of nitrogens with one attached hydrogen (secondary N) is 1. The zero-order valence-electron chi connectivity index (χ0n) is 18.6. The van der Waals surface area contributed by atoms with Crippen molar-refractivity contribution in [2.45, 2.75) is 12.8 Å². The molecule has 0 radical (unpaired) electrons. The van der Waals surface area contributed by atoms with E-state index >= 15 is 0 Å². The van der Waals surface area contributed by atoms with Gasteiger partial charge >= 0.3 is 0 Å². The second-order valence-electron chi connectivity index (χ2n) is 6.93. The molecule has 2 rings (SSSR count). The lowest BCUT2D eigenvalue weighted by atomic mass is 10.2. The Balaban J connectivity index is 1.90. The van der Waals surface area contributed by atoms with Crippen molar-refractivity contribution < 1.29 is 32.3 Å². The van der Waals surface area contributed by atoms with Gasteiger partial charge in [-0.05, 0) is 24.6 Å². The number of sulfonamides is 1. The second kappa shape index (κ2) is 11.9. The number of hydrogen-bond donors (Lipinski definition) is 1. The Labute approximate surface area is 192 Å². The van der Waals surface area contributed by atoms with E-state index in [9.17, 15) is 23.3 Å². The Morgan fingerprint density at radius 1 is 1.12 bits per heavy atom. The van der Waals surface area contributed by atoms with E-state index in [0.717, 1.165) is 16.6 Å². The number of methoxy groups -OCH3 is 2. The fourth-order valence-corrected chi connectivity index (χ4v) is 3.93. The summed E-state index contributed by atoms with van der Waals surface area (Å²) in [5, 5.41) is 13.8. The molecule has 0 saturated carbocycles. The van der Waals surface area contributed by atoms with Crippen LogP contribution >= 0.6 is 0 Å². The quantitative estimate of drug-likeness (QED) is 0.261. The van der Waals surface area contributed by atoms with Crippen molar-refractivity contribution in [2.24, 2.45) is 0 Å². The average molecular weight is 482 g/mol. The van der Waals surface area contributed by atoms with Crippen molar-refractivity contribution in [1.82, 2.24) is 5.32 Å². The molecule has 0 heterocycles. The molecule has 180 valence electrons. The summed E-state index contributed by atoms with van der Waals surface area (Å²) in [5.41, 5.74) is -0.227. The molecule has 0 atom stereocenters. The van der Waals surface area contributed by atoms with Crippen molar-refractivity contribution in [3.8, 4) is 17.2 Å². The minimum atomic E-state index is -3.78. The van der Waals surface area contributed by atoms with Crippen molar-refractivity contribution in [1.29, 1.82) is 0 Å². The first-order valence-corrected chi connectivity index (χ1v) is 11.8. The molecule has 0 aliphatic carbocycles. The fraction of sp³-hybridized carbons (Fsp3) is 0.381. The van der Waals surface area contributed by atoms with E-state index in [1.165, 1.54) is 19.2 Å². The van der Waals surface area contributed by atoms with Crippen LogP contribution in [0.25, 0.3) is 0 Å². The lowest BCUT2D eigenvalue weighted by molar-refractivity contribution is -0.384. The average Bonchev–Trinajstić information content (AvgIpc) is 2.78. The number of benzene rings is 2. The third-order valence-corrected chi connectivity index (χ3v) is 5.72. The second-order valence-corrected chi connectivity index (χ2v) is 8.84. The third-order valence-electron chi connectivity index (χ3n) is 4.54. The zero-order valence-corrected chi connectivity index (χ0v) is 19.5. The predicted octanol–water partition coefficient (Wildman–Crippen LogP) is 2.35. The van der Waals surface area contributed by atoms with Crippen LogP contribution in [0.15, 0.2) is 42.5 Å². The van der Waals surface area contributed by atoms with Crippen LogP contribution in [-0.4, -0.2) is 59.4 Å². The Kier molecular flexibility index (Phi) is 9.28. The van der Waals surface area contributed by atoms with Gasteiger partial charge in [-0.3, -0.25) is 19.2 Å². The SMILES string of the molecule is COc1cccc(OCCNC(=O)CCCN(c2cc([N+](=O)[O-])ccc2OC)S(C)(=O)=O)c1. The molecule has 0 spiro atoms. The highest BCUT2D eigenvalue weighted by Gasteiger charge is 2.24. The van der Waals surface area contributed by atoms with Gasteiger partial charge in [0.1, 0.15) is 29.5 Å². The molecule has 2 aromatic rings. The molecule has 0 unspecified atom stereocenters. The van der Waals surface area contributed by atoms with Gasteiger partial charge in [-0.1, -0.05) is 6.07 Å². The van der Waals surface area contributed by atoms with Gasteiger partial charge in [-0.2, -0.15) is 0 Å². The molecule has 0 aromatic heterocycles. The number of hydrogen-bond acceptors (Lipinski definition) is 8. The number of nitrogens with zero attached hydrogens (tertiary/aromatic N) is 2. The van der Waals surface area contributed by atoms with Crippen LogP contribution in [0.1, 0.15) is 12.8 Å². The van der Waals surface area contributed by atoms with Crippen LogP contribution in [0, 0.1) is 10.1 Å². The van der Waals surface area contributed by atoms with Crippen molar-refractivity contribution in [2.75, 3.05) is 44.5 Å². The highest BCUT2D eigenvalue weighted by Crippen LogP contribution is 2.33. The molecule has 1 amide bonds. The normalized spacial score (nSPS) is 10.9. The van der Waals surface area contributed by atoms with Gasteiger partial charge in [0.2, 0.25) is 15.9 Å². The molecule has 0 aliphatic heterocycles. The number of nitro groups is 1. The standard InChI is InChI=1S/C21H27N3O8S/c1-30-17-6-4-7-18(15-17)32-13-11-22-21(25)8-5-12-23(33(3,28)29)19-14-16(24(26)27)9-10-20(19)31-2/h4,6-7,9-10,14-15H,5,8,11-13H2,1-3H3,(H,22,25). The molecule has 12 heteroatoms. The molecule has 1 N–H and O–H groups in total.